The fraction of sp³-hybridized carbons (Fsp3) is 0.372. The van der Waals surface area contributed by atoms with Gasteiger partial charge in [-0.05, 0) is 92.1 Å². The molecule has 3 aromatic carbocycles. The molecule has 0 fully saturated rings. The van der Waals surface area contributed by atoms with Crippen LogP contribution in [0.25, 0.3) is 0 Å². The number of benzene rings is 3. The molecular weight excluding hydrogens is 753 g/mol. The molecule has 0 atom stereocenters. The number of hydrogen-bond donors (Lipinski definition) is 3. The molecule has 6 rings (SSSR count). The molecule has 0 bridgehead atoms. The highest BCUT2D eigenvalue weighted by Gasteiger charge is 2.35. The Labute approximate surface area is 345 Å². The predicted molar refractivity (Wildman–Crippen MR) is 235 cm³/mol. The number of unbranched alkanes of at least 4 members (excludes halogenated alkanes) is 3. The molecule has 3 heterocycles. The van der Waals surface area contributed by atoms with Gasteiger partial charge in [-0.15, -0.1) is 0 Å². The molecule has 16 heteroatoms. The molecule has 59 heavy (non-hydrogen) atoms. The summed E-state index contributed by atoms with van der Waals surface area (Å²) in [5, 5.41) is 9.48. The van der Waals surface area contributed by atoms with Crippen LogP contribution in [-0.2, 0) is 14.2 Å². The van der Waals surface area contributed by atoms with Gasteiger partial charge in [-0.3, -0.25) is 0 Å². The van der Waals surface area contributed by atoms with Crippen molar-refractivity contribution < 1.29 is 28.6 Å². The number of rotatable bonds is 15. The van der Waals surface area contributed by atoms with Gasteiger partial charge < -0.3 is 30.2 Å². The number of carbonyl (C=O) groups excluding carboxylic acids is 3. The summed E-state index contributed by atoms with van der Waals surface area (Å²) in [5.74, 6) is -0.115. The summed E-state index contributed by atoms with van der Waals surface area (Å²) >= 11 is 0. The molecule has 312 valence electrons. The van der Waals surface area contributed by atoms with Crippen LogP contribution in [0.5, 0.6) is 0 Å². The fourth-order valence-corrected chi connectivity index (χ4v) is 5.09. The van der Waals surface area contributed by atoms with Crippen molar-refractivity contribution >= 4 is 70.7 Å². The second kappa shape index (κ2) is 23.5. The van der Waals surface area contributed by atoms with E-state index < -0.39 is 17.9 Å². The van der Waals surface area contributed by atoms with Gasteiger partial charge in [0.2, 0.25) is 35.8 Å². The molecule has 3 aliphatic rings. The molecule has 0 aliphatic carbocycles. The third kappa shape index (κ3) is 12.9. The van der Waals surface area contributed by atoms with Crippen molar-refractivity contribution in [1.29, 1.82) is 0 Å². The van der Waals surface area contributed by atoms with Crippen molar-refractivity contribution in [1.82, 2.24) is 4.90 Å². The number of hydrogen-bond acceptors (Lipinski definition) is 16. The molecule has 0 unspecified atom stereocenters. The SMILES string of the molecule is CC.CC.CCCCOC(=O)c1ccc(NC2=NC3=NC(Nc4ccc(C(=O)OCCCC)cc4)=NC4=NC(Nc5ccc(C(=O)OCCCC)cc5)=NC(=N2)N34)cc1. The van der Waals surface area contributed by atoms with Crippen molar-refractivity contribution in [3.63, 3.8) is 0 Å². The molecular formula is C43H54N10O6. The van der Waals surface area contributed by atoms with E-state index in [1.54, 1.807) is 72.8 Å². The van der Waals surface area contributed by atoms with Crippen LogP contribution in [0.4, 0.5) is 17.1 Å². The van der Waals surface area contributed by atoms with Crippen LogP contribution in [0.3, 0.4) is 0 Å². The maximum atomic E-state index is 12.4. The maximum absolute atomic E-state index is 12.4. The van der Waals surface area contributed by atoms with Gasteiger partial charge in [-0.1, -0.05) is 67.7 Å². The number of aliphatic imine (C=N–C) groups is 6. The summed E-state index contributed by atoms with van der Waals surface area (Å²) in [5.41, 5.74) is 3.09. The topological polar surface area (TPSA) is 192 Å². The quantitative estimate of drug-likeness (QED) is 0.0760. The molecule has 0 saturated heterocycles. The van der Waals surface area contributed by atoms with Crippen LogP contribution in [0.1, 0.15) is 118 Å². The second-order valence-electron chi connectivity index (χ2n) is 12.5. The van der Waals surface area contributed by atoms with Crippen molar-refractivity contribution in [2.75, 3.05) is 35.8 Å². The minimum absolute atomic E-state index is 0.172. The zero-order valence-electron chi connectivity index (χ0n) is 34.9. The number of anilines is 3. The summed E-state index contributed by atoms with van der Waals surface area (Å²) in [7, 11) is 0. The van der Waals surface area contributed by atoms with Gasteiger partial charge >= 0.3 is 17.9 Å². The lowest BCUT2D eigenvalue weighted by Crippen LogP contribution is -2.49. The van der Waals surface area contributed by atoms with Crippen molar-refractivity contribution in [3.8, 4) is 0 Å². The van der Waals surface area contributed by atoms with E-state index in [0.29, 0.717) is 53.6 Å². The van der Waals surface area contributed by atoms with Gasteiger partial charge in [0.15, 0.2) is 0 Å². The average molecular weight is 807 g/mol. The number of nitrogens with zero attached hydrogens (tertiary/aromatic N) is 7. The lowest BCUT2D eigenvalue weighted by molar-refractivity contribution is 0.0490. The van der Waals surface area contributed by atoms with E-state index in [9.17, 15) is 14.4 Å². The average Bonchev–Trinajstić information content (AvgIpc) is 3.26. The lowest BCUT2D eigenvalue weighted by atomic mass is 10.2. The highest BCUT2D eigenvalue weighted by atomic mass is 16.5. The third-order valence-electron chi connectivity index (χ3n) is 8.16. The summed E-state index contributed by atoms with van der Waals surface area (Å²) in [6.45, 7) is 15.2. The number of guanidine groups is 6. The Morgan fingerprint density at radius 3 is 0.932 bits per heavy atom. The standard InChI is InChI=1S/C39H42N10O6.2C2H6/c1-4-7-22-53-31(50)25-10-16-28(17-11-25)40-34-43-37-45-35(41-29-18-12-26(13-19-29)32(51)54-23-8-5-2)47-39-48-36(46-38(44-34)49(37)39)42-30-20-14-27(15-21-30)33(52)55-24-9-6-3;2*1-2/h10-21H,4-9,22-24H2,1-3H3,(H3,40,41,42,43,44,45,46,47,48);2*1-2H3. The Kier molecular flexibility index (Phi) is 17.9. The van der Waals surface area contributed by atoms with Gasteiger partial charge in [0, 0.05) is 17.1 Å². The minimum atomic E-state index is -0.395. The Balaban J connectivity index is 0.00000186. The summed E-state index contributed by atoms with van der Waals surface area (Å²) in [6, 6.07) is 20.3. The van der Waals surface area contributed by atoms with Gasteiger partial charge in [0.05, 0.1) is 36.5 Å². The summed E-state index contributed by atoms with van der Waals surface area (Å²) in [6.07, 6.45) is 5.17. The predicted octanol–water partition coefficient (Wildman–Crippen LogP) is 8.72. The lowest BCUT2D eigenvalue weighted by Gasteiger charge is -2.30. The molecule has 0 aromatic heterocycles. The third-order valence-corrected chi connectivity index (χ3v) is 8.16. The minimum Gasteiger partial charge on any atom is -0.462 e. The first-order valence-electron chi connectivity index (χ1n) is 20.3. The Hall–Kier alpha value is -6.71. The van der Waals surface area contributed by atoms with E-state index in [2.05, 4.69) is 45.9 Å². The van der Waals surface area contributed by atoms with Crippen LogP contribution in [0.2, 0.25) is 0 Å². The summed E-state index contributed by atoms with van der Waals surface area (Å²) < 4.78 is 16.0. The van der Waals surface area contributed by atoms with E-state index in [4.69, 9.17) is 14.2 Å². The Morgan fingerprint density at radius 2 is 0.695 bits per heavy atom. The van der Waals surface area contributed by atoms with Crippen LogP contribution in [0, 0.1) is 0 Å². The smallest absolute Gasteiger partial charge is 0.338 e. The van der Waals surface area contributed by atoms with Crippen LogP contribution in [-0.4, -0.2) is 78.4 Å². The van der Waals surface area contributed by atoms with Crippen LogP contribution >= 0.6 is 0 Å². The largest absolute Gasteiger partial charge is 0.462 e. The fourth-order valence-electron chi connectivity index (χ4n) is 5.09. The van der Waals surface area contributed by atoms with Crippen LogP contribution in [0.15, 0.2) is 103 Å². The molecule has 0 radical (unpaired) electrons. The van der Waals surface area contributed by atoms with Gasteiger partial charge in [-0.25, -0.2) is 19.3 Å². The highest BCUT2D eigenvalue weighted by molar-refractivity contribution is 6.32. The Bertz CT molecular complexity index is 1840. The van der Waals surface area contributed by atoms with Crippen molar-refractivity contribution in [3.05, 3.63) is 89.5 Å². The van der Waals surface area contributed by atoms with Gasteiger partial charge in [0.1, 0.15) is 0 Å². The molecule has 0 amide bonds. The molecule has 0 saturated carbocycles. The first-order valence-corrected chi connectivity index (χ1v) is 20.3. The first-order chi connectivity index (χ1) is 28.8. The van der Waals surface area contributed by atoms with Gasteiger partial charge in [-0.2, -0.15) is 30.0 Å². The van der Waals surface area contributed by atoms with Gasteiger partial charge in [0.25, 0.3) is 0 Å². The molecule has 16 nitrogen and oxygen atoms in total. The molecule has 3 aromatic rings. The molecule has 0 spiro atoms. The monoisotopic (exact) mass is 806 g/mol. The maximum Gasteiger partial charge on any atom is 0.338 e. The molecule has 3 aliphatic heterocycles. The number of carbonyl (C=O) groups is 3. The number of nitrogens with one attached hydrogen (secondary N) is 3. The van der Waals surface area contributed by atoms with Crippen molar-refractivity contribution in [2.24, 2.45) is 30.0 Å². The zero-order chi connectivity index (χ0) is 42.6. The highest BCUT2D eigenvalue weighted by Crippen LogP contribution is 2.21. The molecule has 3 N–H and O–H groups in total. The van der Waals surface area contributed by atoms with E-state index in [0.717, 1.165) is 38.5 Å². The number of ether oxygens (including phenoxy) is 3. The van der Waals surface area contributed by atoms with Crippen LogP contribution < -0.4 is 16.0 Å². The van der Waals surface area contributed by atoms with E-state index in [-0.39, 0.29) is 35.8 Å². The Morgan fingerprint density at radius 1 is 0.441 bits per heavy atom. The zero-order valence-corrected chi connectivity index (χ0v) is 34.9. The van der Waals surface area contributed by atoms with E-state index in [1.165, 1.54) is 4.90 Å². The normalized spacial score (nSPS) is 13.4. The number of esters is 3. The van der Waals surface area contributed by atoms with E-state index in [1.807, 2.05) is 48.5 Å². The summed E-state index contributed by atoms with van der Waals surface area (Å²) in [4.78, 5) is 66.5. The first kappa shape index (κ1) is 45.0. The van der Waals surface area contributed by atoms with Crippen molar-refractivity contribution in [2.45, 2.75) is 87.0 Å². The second-order valence-corrected chi connectivity index (χ2v) is 12.5. The van der Waals surface area contributed by atoms with E-state index >= 15 is 0 Å².